The maximum Gasteiger partial charge on any atom is 0.122 e. The Kier molecular flexibility index (Phi) is 3.71. The van der Waals surface area contributed by atoms with E-state index in [1.54, 1.807) is 7.11 Å². The van der Waals surface area contributed by atoms with Gasteiger partial charge in [0, 0.05) is 22.8 Å². The van der Waals surface area contributed by atoms with Crippen molar-refractivity contribution >= 4 is 21.6 Å². The van der Waals surface area contributed by atoms with Crippen LogP contribution in [0, 0.1) is 0 Å². The third-order valence-electron chi connectivity index (χ3n) is 2.84. The third-order valence-corrected chi connectivity index (χ3v) is 3.29. The highest BCUT2D eigenvalue weighted by Crippen LogP contribution is 2.26. The molecule has 1 fully saturated rings. The molecule has 0 aromatic heterocycles. The lowest BCUT2D eigenvalue weighted by Crippen LogP contribution is -2.26. The van der Waals surface area contributed by atoms with Gasteiger partial charge in [0.2, 0.25) is 0 Å². The van der Waals surface area contributed by atoms with E-state index in [0.29, 0.717) is 6.04 Å². The Bertz CT molecular complexity index is 370. The molecular weight excluding hydrogens is 270 g/mol. The van der Waals surface area contributed by atoms with Gasteiger partial charge in [-0.1, -0.05) is 15.9 Å². The third kappa shape index (κ3) is 2.68. The Balaban J connectivity index is 2.11. The van der Waals surface area contributed by atoms with Crippen LogP contribution < -0.4 is 10.1 Å². The van der Waals surface area contributed by atoms with E-state index < -0.39 is 0 Å². The van der Waals surface area contributed by atoms with Crippen molar-refractivity contribution in [1.29, 1.82) is 0 Å². The summed E-state index contributed by atoms with van der Waals surface area (Å²) in [6, 6.07) is 6.38. The fourth-order valence-electron chi connectivity index (χ4n) is 1.90. The molecule has 4 heteroatoms. The zero-order chi connectivity index (χ0) is 11.5. The Morgan fingerprint density at radius 3 is 2.88 bits per heavy atom. The second-order valence-electron chi connectivity index (χ2n) is 4.00. The molecule has 1 aliphatic heterocycles. The number of hydrogen-bond donors (Lipinski definition) is 1. The average molecular weight is 286 g/mol. The van der Waals surface area contributed by atoms with Crippen molar-refractivity contribution in [3.05, 3.63) is 22.7 Å². The summed E-state index contributed by atoms with van der Waals surface area (Å²) in [6.45, 7) is 2.93. The van der Waals surface area contributed by atoms with E-state index in [2.05, 4.69) is 28.2 Å². The molecule has 1 heterocycles. The second kappa shape index (κ2) is 5.06. The maximum atomic E-state index is 5.52. The highest BCUT2D eigenvalue weighted by Gasteiger charge is 2.23. The molecule has 0 amide bonds. The van der Waals surface area contributed by atoms with Gasteiger partial charge in [0.25, 0.3) is 0 Å². The topological polar surface area (TPSA) is 30.5 Å². The van der Waals surface area contributed by atoms with Gasteiger partial charge in [0.05, 0.1) is 19.3 Å². The zero-order valence-corrected chi connectivity index (χ0v) is 11.1. The first kappa shape index (κ1) is 11.7. The summed E-state index contributed by atoms with van der Waals surface area (Å²) in [7, 11) is 1.67. The molecule has 0 aliphatic carbocycles. The molecular formula is C12H16BrNO2. The lowest BCUT2D eigenvalue weighted by atomic mass is 10.1. The number of rotatable bonds is 3. The number of anilines is 1. The molecule has 3 nitrogen and oxygen atoms in total. The molecule has 2 unspecified atom stereocenters. The molecule has 88 valence electrons. The quantitative estimate of drug-likeness (QED) is 0.926. The molecule has 1 N–H and O–H groups in total. The highest BCUT2D eigenvalue weighted by molar-refractivity contribution is 9.10. The number of nitrogens with one attached hydrogen (secondary N) is 1. The van der Waals surface area contributed by atoms with E-state index in [1.165, 1.54) is 0 Å². The van der Waals surface area contributed by atoms with Crippen LogP contribution in [-0.2, 0) is 4.74 Å². The van der Waals surface area contributed by atoms with Crippen LogP contribution in [0.3, 0.4) is 0 Å². The van der Waals surface area contributed by atoms with Crippen LogP contribution in [0.1, 0.15) is 13.3 Å². The van der Waals surface area contributed by atoms with Gasteiger partial charge in [0.1, 0.15) is 5.75 Å². The first-order valence-corrected chi connectivity index (χ1v) is 6.21. The van der Waals surface area contributed by atoms with Gasteiger partial charge in [0.15, 0.2) is 0 Å². The number of benzene rings is 1. The van der Waals surface area contributed by atoms with Crippen molar-refractivity contribution < 1.29 is 9.47 Å². The number of methoxy groups -OCH3 is 1. The van der Waals surface area contributed by atoms with Gasteiger partial charge in [-0.3, -0.25) is 0 Å². The van der Waals surface area contributed by atoms with Gasteiger partial charge in [-0.15, -0.1) is 0 Å². The van der Waals surface area contributed by atoms with E-state index in [9.17, 15) is 0 Å². The highest BCUT2D eigenvalue weighted by atomic mass is 79.9. The summed E-state index contributed by atoms with van der Waals surface area (Å²) in [5, 5.41) is 3.47. The molecule has 0 spiro atoms. The molecule has 2 atom stereocenters. The van der Waals surface area contributed by atoms with Crippen LogP contribution in [0.5, 0.6) is 5.75 Å². The summed E-state index contributed by atoms with van der Waals surface area (Å²) in [6.07, 6.45) is 1.32. The van der Waals surface area contributed by atoms with Crippen molar-refractivity contribution in [3.8, 4) is 5.75 Å². The second-order valence-corrected chi connectivity index (χ2v) is 4.91. The zero-order valence-electron chi connectivity index (χ0n) is 9.50. The molecule has 1 saturated heterocycles. The fourth-order valence-corrected chi connectivity index (χ4v) is 2.37. The summed E-state index contributed by atoms with van der Waals surface area (Å²) in [5.41, 5.74) is 1.06. The maximum absolute atomic E-state index is 5.52. The molecule has 0 saturated carbocycles. The number of halogens is 1. The summed E-state index contributed by atoms with van der Waals surface area (Å²) in [5.74, 6) is 0.850. The summed E-state index contributed by atoms with van der Waals surface area (Å²) >= 11 is 3.47. The van der Waals surface area contributed by atoms with Crippen LogP contribution in [0.15, 0.2) is 22.7 Å². The van der Waals surface area contributed by atoms with E-state index in [4.69, 9.17) is 9.47 Å². The van der Waals surface area contributed by atoms with Crippen molar-refractivity contribution in [2.45, 2.75) is 25.5 Å². The Labute approximate surface area is 104 Å². The van der Waals surface area contributed by atoms with Gasteiger partial charge in [-0.25, -0.2) is 0 Å². The molecule has 2 rings (SSSR count). The SMILES string of the molecule is COc1cc(Br)cc(NC2CCOC2C)c1. The van der Waals surface area contributed by atoms with Crippen molar-refractivity contribution in [1.82, 2.24) is 0 Å². The predicted molar refractivity (Wildman–Crippen MR) is 68.1 cm³/mol. The smallest absolute Gasteiger partial charge is 0.122 e. The predicted octanol–water partition coefficient (Wildman–Crippen LogP) is 3.05. The Morgan fingerprint density at radius 2 is 2.25 bits per heavy atom. The fraction of sp³-hybridized carbons (Fsp3) is 0.500. The van der Waals surface area contributed by atoms with Crippen LogP contribution in [-0.4, -0.2) is 25.9 Å². The number of hydrogen-bond acceptors (Lipinski definition) is 3. The normalized spacial score (nSPS) is 24.4. The minimum absolute atomic E-state index is 0.268. The largest absolute Gasteiger partial charge is 0.497 e. The van der Waals surface area contributed by atoms with Crippen molar-refractivity contribution in [2.24, 2.45) is 0 Å². The first-order chi connectivity index (χ1) is 7.69. The lowest BCUT2D eigenvalue weighted by Gasteiger charge is -2.18. The minimum atomic E-state index is 0.268. The summed E-state index contributed by atoms with van der Waals surface area (Å²) < 4.78 is 11.8. The van der Waals surface area contributed by atoms with Gasteiger partial charge >= 0.3 is 0 Å². The molecule has 16 heavy (non-hydrogen) atoms. The van der Waals surface area contributed by atoms with E-state index >= 15 is 0 Å². The Morgan fingerprint density at radius 1 is 1.44 bits per heavy atom. The Hall–Kier alpha value is -0.740. The van der Waals surface area contributed by atoms with Crippen LogP contribution >= 0.6 is 15.9 Å². The summed E-state index contributed by atoms with van der Waals surface area (Å²) in [4.78, 5) is 0. The first-order valence-electron chi connectivity index (χ1n) is 5.42. The van der Waals surface area contributed by atoms with Crippen LogP contribution in [0.4, 0.5) is 5.69 Å². The standard InChI is InChI=1S/C12H16BrNO2/c1-8-12(3-4-16-8)14-10-5-9(13)6-11(7-10)15-2/h5-8,12,14H,3-4H2,1-2H3. The lowest BCUT2D eigenvalue weighted by molar-refractivity contribution is 0.121. The molecule has 0 bridgehead atoms. The van der Waals surface area contributed by atoms with Gasteiger partial charge in [-0.2, -0.15) is 0 Å². The van der Waals surface area contributed by atoms with Gasteiger partial charge < -0.3 is 14.8 Å². The average Bonchev–Trinajstić information content (AvgIpc) is 2.63. The number of ether oxygens (including phenoxy) is 2. The molecule has 0 radical (unpaired) electrons. The molecule has 1 aliphatic rings. The van der Waals surface area contributed by atoms with Crippen molar-refractivity contribution in [2.75, 3.05) is 19.0 Å². The molecule has 1 aromatic carbocycles. The van der Waals surface area contributed by atoms with Crippen LogP contribution in [0.25, 0.3) is 0 Å². The van der Waals surface area contributed by atoms with Crippen LogP contribution in [0.2, 0.25) is 0 Å². The van der Waals surface area contributed by atoms with Gasteiger partial charge in [-0.05, 0) is 25.5 Å². The monoisotopic (exact) mass is 285 g/mol. The molecule has 1 aromatic rings. The van der Waals surface area contributed by atoms with E-state index in [-0.39, 0.29) is 6.10 Å². The van der Waals surface area contributed by atoms with E-state index in [0.717, 1.165) is 28.9 Å². The van der Waals surface area contributed by atoms with E-state index in [1.807, 2.05) is 18.2 Å². The van der Waals surface area contributed by atoms with Crippen molar-refractivity contribution in [3.63, 3.8) is 0 Å². The minimum Gasteiger partial charge on any atom is -0.497 e.